The molecule has 0 N–H and O–H groups in total. The summed E-state index contributed by atoms with van der Waals surface area (Å²) >= 11 is 0. The SMILES string of the molecule is CC(=O)CCOCCOCCOCCN=[N+]=[N-]. The van der Waals surface area contributed by atoms with Crippen LogP contribution < -0.4 is 0 Å². The highest BCUT2D eigenvalue weighted by molar-refractivity contribution is 5.75. The van der Waals surface area contributed by atoms with Gasteiger partial charge in [-0.2, -0.15) is 0 Å². The Morgan fingerprint density at radius 2 is 1.59 bits per heavy atom. The Bertz CT molecular complexity index is 232. The maximum absolute atomic E-state index is 10.6. The third-order valence-corrected chi connectivity index (χ3v) is 1.74. The second-order valence-corrected chi connectivity index (χ2v) is 3.24. The number of nitrogens with zero attached hydrogens (tertiary/aromatic N) is 3. The molecule has 0 aliphatic carbocycles. The highest BCUT2D eigenvalue weighted by Crippen LogP contribution is 1.85. The summed E-state index contributed by atoms with van der Waals surface area (Å²) in [6, 6.07) is 0. The second kappa shape index (κ2) is 12.9. The van der Waals surface area contributed by atoms with E-state index < -0.39 is 0 Å². The smallest absolute Gasteiger partial charge is 0.132 e. The Labute approximate surface area is 101 Å². The van der Waals surface area contributed by atoms with E-state index in [0.717, 1.165) is 0 Å². The van der Waals surface area contributed by atoms with E-state index >= 15 is 0 Å². The summed E-state index contributed by atoms with van der Waals surface area (Å²) in [5.74, 6) is 0.124. The number of rotatable bonds is 12. The van der Waals surface area contributed by atoms with E-state index in [1.54, 1.807) is 0 Å². The Morgan fingerprint density at radius 1 is 1.06 bits per heavy atom. The molecule has 0 amide bonds. The lowest BCUT2D eigenvalue weighted by molar-refractivity contribution is -0.118. The van der Waals surface area contributed by atoms with Gasteiger partial charge in [-0.1, -0.05) is 5.11 Å². The van der Waals surface area contributed by atoms with E-state index in [0.29, 0.717) is 52.6 Å². The summed E-state index contributed by atoms with van der Waals surface area (Å²) in [7, 11) is 0. The second-order valence-electron chi connectivity index (χ2n) is 3.24. The molecule has 98 valence electrons. The van der Waals surface area contributed by atoms with Gasteiger partial charge in [-0.25, -0.2) is 0 Å². The molecule has 7 nitrogen and oxygen atoms in total. The van der Waals surface area contributed by atoms with E-state index in [1.807, 2.05) is 0 Å². The molecule has 0 saturated carbocycles. The van der Waals surface area contributed by atoms with Crippen LogP contribution in [0, 0.1) is 0 Å². The average molecular weight is 245 g/mol. The molecule has 17 heavy (non-hydrogen) atoms. The molecule has 0 rings (SSSR count). The lowest BCUT2D eigenvalue weighted by Crippen LogP contribution is -2.11. The van der Waals surface area contributed by atoms with Crippen molar-refractivity contribution in [1.29, 1.82) is 0 Å². The van der Waals surface area contributed by atoms with Gasteiger partial charge in [-0.05, 0) is 12.5 Å². The van der Waals surface area contributed by atoms with Crippen molar-refractivity contribution in [3.8, 4) is 0 Å². The standard InChI is InChI=1S/C10H19N3O4/c1-10(14)2-4-15-6-8-17-9-7-16-5-3-12-13-11/h2-9H2,1H3. The molecule has 0 aliphatic rings. The molecule has 0 aromatic heterocycles. The lowest BCUT2D eigenvalue weighted by atomic mass is 10.3. The quantitative estimate of drug-likeness (QED) is 0.224. The Hall–Kier alpha value is -1.14. The van der Waals surface area contributed by atoms with Crippen LogP contribution >= 0.6 is 0 Å². The highest BCUT2D eigenvalue weighted by Gasteiger charge is 1.94. The largest absolute Gasteiger partial charge is 0.379 e. The molecule has 0 saturated heterocycles. The van der Waals surface area contributed by atoms with E-state index in [4.69, 9.17) is 19.7 Å². The lowest BCUT2D eigenvalue weighted by Gasteiger charge is -2.05. The number of carbonyl (C=O) groups is 1. The molecule has 0 unspecified atom stereocenters. The zero-order chi connectivity index (χ0) is 12.8. The summed E-state index contributed by atoms with van der Waals surface area (Å²) < 4.78 is 15.5. The van der Waals surface area contributed by atoms with Crippen LogP contribution in [0.1, 0.15) is 13.3 Å². The van der Waals surface area contributed by atoms with Gasteiger partial charge in [0.1, 0.15) is 5.78 Å². The predicted octanol–water partition coefficient (Wildman–Crippen LogP) is 1.33. The first-order valence-corrected chi connectivity index (χ1v) is 5.51. The van der Waals surface area contributed by atoms with Gasteiger partial charge >= 0.3 is 0 Å². The summed E-state index contributed by atoms with van der Waals surface area (Å²) in [5, 5.41) is 3.32. The van der Waals surface area contributed by atoms with Crippen LogP contribution in [0.4, 0.5) is 0 Å². The number of azide groups is 1. The monoisotopic (exact) mass is 245 g/mol. The summed E-state index contributed by atoms with van der Waals surface area (Å²) in [4.78, 5) is 13.2. The Morgan fingerprint density at radius 3 is 2.12 bits per heavy atom. The van der Waals surface area contributed by atoms with Gasteiger partial charge in [0.2, 0.25) is 0 Å². The van der Waals surface area contributed by atoms with Gasteiger partial charge in [-0.3, -0.25) is 4.79 Å². The average Bonchev–Trinajstić information content (AvgIpc) is 2.30. The first kappa shape index (κ1) is 15.9. The van der Waals surface area contributed by atoms with Crippen molar-refractivity contribution in [2.75, 3.05) is 46.2 Å². The maximum Gasteiger partial charge on any atom is 0.132 e. The summed E-state index contributed by atoms with van der Waals surface area (Å²) in [6.07, 6.45) is 0.447. The molecule has 7 heteroatoms. The van der Waals surface area contributed by atoms with Crippen LogP contribution in [0.25, 0.3) is 10.4 Å². The van der Waals surface area contributed by atoms with Crippen LogP contribution in [-0.4, -0.2) is 52.0 Å². The fourth-order valence-corrected chi connectivity index (χ4v) is 0.908. The summed E-state index contributed by atoms with van der Waals surface area (Å²) in [5.41, 5.74) is 7.99. The Kier molecular flexibility index (Phi) is 12.1. The minimum Gasteiger partial charge on any atom is -0.379 e. The van der Waals surface area contributed by atoms with Crippen molar-refractivity contribution in [2.45, 2.75) is 13.3 Å². The predicted molar refractivity (Wildman–Crippen MR) is 61.8 cm³/mol. The first-order valence-electron chi connectivity index (χ1n) is 5.51. The molecule has 0 radical (unpaired) electrons. The van der Waals surface area contributed by atoms with Gasteiger partial charge in [-0.15, -0.1) is 0 Å². The molecular weight excluding hydrogens is 226 g/mol. The number of Topliss-reactive ketones (excluding diaryl/α,β-unsaturated/α-hetero) is 1. The van der Waals surface area contributed by atoms with Crippen LogP contribution in [0.3, 0.4) is 0 Å². The zero-order valence-corrected chi connectivity index (χ0v) is 10.1. The normalized spacial score (nSPS) is 9.94. The molecule has 0 bridgehead atoms. The van der Waals surface area contributed by atoms with Gasteiger partial charge in [0.15, 0.2) is 0 Å². The number of ketones is 1. The van der Waals surface area contributed by atoms with Crippen molar-refractivity contribution in [2.24, 2.45) is 5.11 Å². The van der Waals surface area contributed by atoms with Crippen LogP contribution in [0.5, 0.6) is 0 Å². The fourth-order valence-electron chi connectivity index (χ4n) is 0.908. The van der Waals surface area contributed by atoms with E-state index in [2.05, 4.69) is 10.0 Å². The summed E-state index contributed by atoms with van der Waals surface area (Å²) in [6.45, 7) is 4.63. The third kappa shape index (κ3) is 14.9. The van der Waals surface area contributed by atoms with Gasteiger partial charge < -0.3 is 14.2 Å². The number of hydrogen-bond donors (Lipinski definition) is 0. The molecule has 0 heterocycles. The minimum atomic E-state index is 0.124. The molecule has 0 aromatic rings. The van der Waals surface area contributed by atoms with Crippen molar-refractivity contribution in [3.63, 3.8) is 0 Å². The van der Waals surface area contributed by atoms with Crippen LogP contribution in [0.15, 0.2) is 5.11 Å². The van der Waals surface area contributed by atoms with E-state index in [1.165, 1.54) is 6.92 Å². The number of carbonyl (C=O) groups excluding carboxylic acids is 1. The van der Waals surface area contributed by atoms with Crippen LogP contribution in [0.2, 0.25) is 0 Å². The highest BCUT2D eigenvalue weighted by atomic mass is 16.5. The van der Waals surface area contributed by atoms with Gasteiger partial charge in [0, 0.05) is 17.9 Å². The molecule has 0 fully saturated rings. The third-order valence-electron chi connectivity index (χ3n) is 1.74. The molecule has 0 aliphatic heterocycles. The van der Waals surface area contributed by atoms with Crippen molar-refractivity contribution in [1.82, 2.24) is 0 Å². The maximum atomic E-state index is 10.6. The van der Waals surface area contributed by atoms with Crippen LogP contribution in [-0.2, 0) is 19.0 Å². The van der Waals surface area contributed by atoms with Gasteiger partial charge in [0.25, 0.3) is 0 Å². The van der Waals surface area contributed by atoms with E-state index in [9.17, 15) is 4.79 Å². The molecule has 0 spiro atoms. The number of hydrogen-bond acceptors (Lipinski definition) is 5. The van der Waals surface area contributed by atoms with Crippen molar-refractivity contribution < 1.29 is 19.0 Å². The van der Waals surface area contributed by atoms with Crippen molar-refractivity contribution in [3.05, 3.63) is 10.4 Å². The molecule has 0 atom stereocenters. The van der Waals surface area contributed by atoms with Crippen molar-refractivity contribution >= 4 is 5.78 Å². The first-order chi connectivity index (χ1) is 8.27. The zero-order valence-electron chi connectivity index (χ0n) is 10.1. The topological polar surface area (TPSA) is 93.5 Å². The molecular formula is C10H19N3O4. The Balaban J connectivity index is 2.98. The number of ether oxygens (including phenoxy) is 3. The van der Waals surface area contributed by atoms with E-state index in [-0.39, 0.29) is 5.78 Å². The minimum absolute atomic E-state index is 0.124. The molecule has 0 aromatic carbocycles. The van der Waals surface area contributed by atoms with Gasteiger partial charge in [0.05, 0.1) is 39.6 Å². The fraction of sp³-hybridized carbons (Fsp3) is 0.900.